The van der Waals surface area contributed by atoms with Crippen molar-refractivity contribution in [3.05, 3.63) is 35.9 Å². The van der Waals surface area contributed by atoms with Gasteiger partial charge in [-0.1, -0.05) is 37.3 Å². The Hall–Kier alpha value is -1.35. The molecule has 0 spiro atoms. The molecule has 0 heterocycles. The Kier molecular flexibility index (Phi) is 4.13. The Bertz CT molecular complexity index is 285. The lowest BCUT2D eigenvalue weighted by Gasteiger charge is -2.08. The smallest absolute Gasteiger partial charge is 0.323 e. The molecule has 76 valence electrons. The maximum absolute atomic E-state index is 11.2. The summed E-state index contributed by atoms with van der Waals surface area (Å²) in [6, 6.07) is 9.04. The molecule has 1 atom stereocenters. The second kappa shape index (κ2) is 5.40. The molecule has 0 saturated heterocycles. The van der Waals surface area contributed by atoms with Gasteiger partial charge in [-0.2, -0.15) is 0 Å². The molecular formula is C11H15NO2. The fraction of sp³-hybridized carbons (Fsp3) is 0.364. The summed E-state index contributed by atoms with van der Waals surface area (Å²) in [6.07, 6.45) is 0.605. The number of benzene rings is 1. The van der Waals surface area contributed by atoms with Crippen LogP contribution in [0.25, 0.3) is 0 Å². The van der Waals surface area contributed by atoms with Crippen LogP contribution in [0.4, 0.5) is 0 Å². The normalized spacial score (nSPS) is 12.1. The Morgan fingerprint density at radius 2 is 2.07 bits per heavy atom. The van der Waals surface area contributed by atoms with E-state index in [0.717, 1.165) is 5.56 Å². The van der Waals surface area contributed by atoms with Crippen molar-refractivity contribution >= 4 is 5.97 Å². The van der Waals surface area contributed by atoms with Crippen LogP contribution in [0.15, 0.2) is 30.3 Å². The average molecular weight is 193 g/mol. The van der Waals surface area contributed by atoms with Gasteiger partial charge in [-0.3, -0.25) is 4.79 Å². The third-order valence-corrected chi connectivity index (χ3v) is 1.97. The Morgan fingerprint density at radius 1 is 1.43 bits per heavy atom. The first-order valence-corrected chi connectivity index (χ1v) is 4.70. The van der Waals surface area contributed by atoms with Gasteiger partial charge in [0.1, 0.15) is 12.6 Å². The van der Waals surface area contributed by atoms with Gasteiger partial charge in [0.2, 0.25) is 0 Å². The van der Waals surface area contributed by atoms with Gasteiger partial charge >= 0.3 is 5.97 Å². The Labute approximate surface area is 83.9 Å². The van der Waals surface area contributed by atoms with Gasteiger partial charge in [0.25, 0.3) is 0 Å². The van der Waals surface area contributed by atoms with Crippen LogP contribution in [0, 0.1) is 0 Å². The summed E-state index contributed by atoms with van der Waals surface area (Å²) in [5, 5.41) is 0. The molecule has 0 aromatic heterocycles. The Morgan fingerprint density at radius 3 is 2.64 bits per heavy atom. The lowest BCUT2D eigenvalue weighted by molar-refractivity contribution is -0.146. The highest BCUT2D eigenvalue weighted by atomic mass is 16.5. The summed E-state index contributed by atoms with van der Waals surface area (Å²) >= 11 is 0. The zero-order chi connectivity index (χ0) is 10.4. The van der Waals surface area contributed by atoms with Gasteiger partial charge in [0, 0.05) is 0 Å². The molecule has 0 fully saturated rings. The molecule has 1 aromatic rings. The summed E-state index contributed by atoms with van der Waals surface area (Å²) < 4.78 is 5.02. The predicted molar refractivity (Wildman–Crippen MR) is 54.5 cm³/mol. The van der Waals surface area contributed by atoms with Crippen LogP contribution in [0.5, 0.6) is 0 Å². The van der Waals surface area contributed by atoms with E-state index in [0.29, 0.717) is 13.0 Å². The highest BCUT2D eigenvalue weighted by molar-refractivity contribution is 5.75. The quantitative estimate of drug-likeness (QED) is 0.737. The maximum atomic E-state index is 11.2. The van der Waals surface area contributed by atoms with Crippen LogP contribution in [0.2, 0.25) is 0 Å². The van der Waals surface area contributed by atoms with E-state index >= 15 is 0 Å². The third kappa shape index (κ3) is 3.18. The molecule has 0 amide bonds. The SMILES string of the molecule is CCC(N)C(=O)OCc1ccccc1. The van der Waals surface area contributed by atoms with Crippen molar-refractivity contribution in [3.63, 3.8) is 0 Å². The number of rotatable bonds is 4. The number of hydrogen-bond acceptors (Lipinski definition) is 3. The number of carbonyl (C=O) groups is 1. The molecule has 1 unspecified atom stereocenters. The second-order valence-corrected chi connectivity index (χ2v) is 3.11. The van der Waals surface area contributed by atoms with E-state index in [4.69, 9.17) is 10.5 Å². The first-order valence-electron chi connectivity index (χ1n) is 4.70. The predicted octanol–water partition coefficient (Wildman–Crippen LogP) is 1.47. The van der Waals surface area contributed by atoms with E-state index in [-0.39, 0.29) is 5.97 Å². The zero-order valence-electron chi connectivity index (χ0n) is 8.27. The van der Waals surface area contributed by atoms with E-state index in [1.165, 1.54) is 0 Å². The third-order valence-electron chi connectivity index (χ3n) is 1.97. The lowest BCUT2D eigenvalue weighted by atomic mass is 10.2. The standard InChI is InChI=1S/C11H15NO2/c1-2-10(12)11(13)14-8-9-6-4-3-5-7-9/h3-7,10H,2,8,12H2,1H3. The minimum atomic E-state index is -0.501. The van der Waals surface area contributed by atoms with Crippen molar-refractivity contribution in [1.29, 1.82) is 0 Å². The van der Waals surface area contributed by atoms with Gasteiger partial charge in [0.05, 0.1) is 0 Å². The van der Waals surface area contributed by atoms with Crippen LogP contribution in [0.3, 0.4) is 0 Å². The lowest BCUT2D eigenvalue weighted by Crippen LogP contribution is -2.31. The molecule has 0 bridgehead atoms. The summed E-state index contributed by atoms with van der Waals surface area (Å²) in [4.78, 5) is 11.2. The van der Waals surface area contributed by atoms with Gasteiger partial charge in [-0.25, -0.2) is 0 Å². The second-order valence-electron chi connectivity index (χ2n) is 3.11. The number of ether oxygens (including phenoxy) is 1. The van der Waals surface area contributed by atoms with Crippen molar-refractivity contribution < 1.29 is 9.53 Å². The van der Waals surface area contributed by atoms with E-state index in [9.17, 15) is 4.79 Å². The molecule has 3 nitrogen and oxygen atoms in total. The number of esters is 1. The summed E-state index contributed by atoms with van der Waals surface area (Å²) in [7, 11) is 0. The van der Waals surface area contributed by atoms with Crippen LogP contribution in [0.1, 0.15) is 18.9 Å². The molecule has 0 aliphatic carbocycles. The van der Waals surface area contributed by atoms with Gasteiger partial charge < -0.3 is 10.5 Å². The van der Waals surface area contributed by atoms with E-state index in [1.54, 1.807) is 0 Å². The molecule has 14 heavy (non-hydrogen) atoms. The van der Waals surface area contributed by atoms with Gasteiger partial charge in [-0.15, -0.1) is 0 Å². The monoisotopic (exact) mass is 193 g/mol. The van der Waals surface area contributed by atoms with Crippen LogP contribution in [-0.2, 0) is 16.1 Å². The first kappa shape index (κ1) is 10.7. The summed E-state index contributed by atoms with van der Waals surface area (Å²) in [6.45, 7) is 2.15. The van der Waals surface area contributed by atoms with Gasteiger partial charge in [-0.05, 0) is 12.0 Å². The maximum Gasteiger partial charge on any atom is 0.323 e. The van der Waals surface area contributed by atoms with E-state index in [1.807, 2.05) is 37.3 Å². The van der Waals surface area contributed by atoms with Crippen molar-refractivity contribution in [3.8, 4) is 0 Å². The Balaban J connectivity index is 2.38. The zero-order valence-corrected chi connectivity index (χ0v) is 8.27. The van der Waals surface area contributed by atoms with Crippen molar-refractivity contribution in [2.24, 2.45) is 5.73 Å². The fourth-order valence-corrected chi connectivity index (χ4v) is 1.00. The number of nitrogens with two attached hydrogens (primary N) is 1. The molecule has 0 aliphatic heterocycles. The summed E-state index contributed by atoms with van der Waals surface area (Å²) in [5.74, 6) is -0.337. The van der Waals surface area contributed by atoms with Crippen LogP contribution >= 0.6 is 0 Å². The van der Waals surface area contributed by atoms with Crippen LogP contribution < -0.4 is 5.73 Å². The van der Waals surface area contributed by atoms with Crippen molar-refractivity contribution in [2.45, 2.75) is 26.0 Å². The minimum Gasteiger partial charge on any atom is -0.460 e. The van der Waals surface area contributed by atoms with Crippen LogP contribution in [-0.4, -0.2) is 12.0 Å². The van der Waals surface area contributed by atoms with Crippen molar-refractivity contribution in [2.75, 3.05) is 0 Å². The van der Waals surface area contributed by atoms with Crippen molar-refractivity contribution in [1.82, 2.24) is 0 Å². The van der Waals surface area contributed by atoms with E-state index in [2.05, 4.69) is 0 Å². The molecule has 0 saturated carbocycles. The minimum absolute atomic E-state index is 0.299. The number of hydrogen-bond donors (Lipinski definition) is 1. The molecule has 0 aliphatic rings. The topological polar surface area (TPSA) is 52.3 Å². The first-order chi connectivity index (χ1) is 6.74. The molecule has 3 heteroatoms. The van der Waals surface area contributed by atoms with Gasteiger partial charge in [0.15, 0.2) is 0 Å². The molecule has 1 rings (SSSR count). The highest BCUT2D eigenvalue weighted by Gasteiger charge is 2.11. The molecular weight excluding hydrogens is 178 g/mol. The fourth-order valence-electron chi connectivity index (χ4n) is 1.00. The number of carbonyl (C=O) groups excluding carboxylic acids is 1. The van der Waals surface area contributed by atoms with E-state index < -0.39 is 6.04 Å². The largest absolute Gasteiger partial charge is 0.460 e. The summed E-state index contributed by atoms with van der Waals surface area (Å²) in [5.41, 5.74) is 6.48. The highest BCUT2D eigenvalue weighted by Crippen LogP contribution is 2.01. The molecule has 2 N–H and O–H groups in total. The average Bonchev–Trinajstić information content (AvgIpc) is 2.26. The molecule has 1 aromatic carbocycles. The molecule has 0 radical (unpaired) electrons.